The number of nitrogens with one attached hydrogen (secondary N) is 1. The van der Waals surface area contributed by atoms with Crippen molar-refractivity contribution in [1.82, 2.24) is 5.32 Å². The Balaban J connectivity index is 2.28. The Kier molecular flexibility index (Phi) is 1.29. The molecule has 0 aromatic carbocycles. The second kappa shape index (κ2) is 2.28. The van der Waals surface area contributed by atoms with Gasteiger partial charge in [0.2, 0.25) is 0 Å². The predicted molar refractivity (Wildman–Crippen MR) is 42.2 cm³/mol. The highest BCUT2D eigenvalue weighted by Crippen LogP contribution is 2.27. The number of allylic oxidation sites excluding steroid dienone is 4. The fourth-order valence-corrected chi connectivity index (χ4v) is 1.40. The first-order valence-corrected chi connectivity index (χ1v) is 3.64. The van der Waals surface area contributed by atoms with Gasteiger partial charge in [-0.05, 0) is 24.8 Å². The van der Waals surface area contributed by atoms with Gasteiger partial charge in [-0.2, -0.15) is 5.26 Å². The molecule has 11 heavy (non-hydrogen) atoms. The first kappa shape index (κ1) is 6.23. The molecule has 0 saturated heterocycles. The molecule has 1 heterocycles. The highest BCUT2D eigenvalue weighted by atomic mass is 14.9. The van der Waals surface area contributed by atoms with Crippen molar-refractivity contribution in [2.24, 2.45) is 5.92 Å². The van der Waals surface area contributed by atoms with Crippen molar-refractivity contribution >= 4 is 0 Å². The molecule has 0 spiro atoms. The van der Waals surface area contributed by atoms with E-state index in [0.717, 1.165) is 12.0 Å². The van der Waals surface area contributed by atoms with Crippen LogP contribution in [-0.2, 0) is 0 Å². The minimum absolute atomic E-state index is 0.426. The summed E-state index contributed by atoms with van der Waals surface area (Å²) in [6.45, 7) is 0. The van der Waals surface area contributed by atoms with Gasteiger partial charge in [-0.25, -0.2) is 0 Å². The number of nitriles is 1. The monoisotopic (exact) mass is 144 g/mol. The maximum absolute atomic E-state index is 8.62. The SMILES string of the molecule is N#CC1=CC=C2NC=CC2C1. The summed E-state index contributed by atoms with van der Waals surface area (Å²) in [4.78, 5) is 0. The zero-order valence-corrected chi connectivity index (χ0v) is 6.04. The average molecular weight is 144 g/mol. The van der Waals surface area contributed by atoms with E-state index in [4.69, 9.17) is 5.26 Å². The minimum atomic E-state index is 0.426. The van der Waals surface area contributed by atoms with Gasteiger partial charge >= 0.3 is 0 Å². The number of rotatable bonds is 0. The second-order valence-electron chi connectivity index (χ2n) is 2.74. The van der Waals surface area contributed by atoms with E-state index in [0.29, 0.717) is 5.92 Å². The molecule has 1 aliphatic carbocycles. The van der Waals surface area contributed by atoms with Crippen molar-refractivity contribution in [3.8, 4) is 6.07 Å². The third-order valence-corrected chi connectivity index (χ3v) is 2.03. The van der Waals surface area contributed by atoms with E-state index in [1.807, 2.05) is 18.4 Å². The molecule has 0 aromatic heterocycles. The third kappa shape index (κ3) is 0.947. The van der Waals surface area contributed by atoms with E-state index in [-0.39, 0.29) is 0 Å². The standard InChI is InChI=1S/C9H8N2/c10-6-7-1-2-9-8(5-7)3-4-11-9/h1-4,8,11H,5H2. The largest absolute Gasteiger partial charge is 0.365 e. The molecule has 1 aliphatic heterocycles. The van der Waals surface area contributed by atoms with Gasteiger partial charge in [0.25, 0.3) is 0 Å². The molecule has 0 radical (unpaired) electrons. The van der Waals surface area contributed by atoms with Gasteiger partial charge in [-0.1, -0.05) is 6.08 Å². The summed E-state index contributed by atoms with van der Waals surface area (Å²) < 4.78 is 0. The summed E-state index contributed by atoms with van der Waals surface area (Å²) in [5, 5.41) is 11.7. The molecule has 0 saturated carbocycles. The van der Waals surface area contributed by atoms with Crippen molar-refractivity contribution < 1.29 is 0 Å². The lowest BCUT2D eigenvalue weighted by atomic mass is 9.93. The normalized spacial score (nSPS) is 26.3. The van der Waals surface area contributed by atoms with Crippen LogP contribution in [0.2, 0.25) is 0 Å². The zero-order valence-electron chi connectivity index (χ0n) is 6.04. The van der Waals surface area contributed by atoms with Crippen LogP contribution in [0.15, 0.2) is 35.7 Å². The average Bonchev–Trinajstić information content (AvgIpc) is 2.50. The Morgan fingerprint density at radius 1 is 1.55 bits per heavy atom. The van der Waals surface area contributed by atoms with Crippen LogP contribution in [0.1, 0.15) is 6.42 Å². The highest BCUT2D eigenvalue weighted by molar-refractivity contribution is 5.38. The first-order chi connectivity index (χ1) is 5.40. The molecule has 1 N–H and O–H groups in total. The van der Waals surface area contributed by atoms with Gasteiger partial charge in [0.15, 0.2) is 0 Å². The number of fused-ring (bicyclic) bond motifs is 1. The molecular weight excluding hydrogens is 136 g/mol. The highest BCUT2D eigenvalue weighted by Gasteiger charge is 2.19. The Hall–Kier alpha value is -1.49. The number of hydrogen-bond acceptors (Lipinski definition) is 2. The van der Waals surface area contributed by atoms with Crippen LogP contribution in [0.3, 0.4) is 0 Å². The second-order valence-corrected chi connectivity index (χ2v) is 2.74. The van der Waals surface area contributed by atoms with Gasteiger partial charge in [0, 0.05) is 17.2 Å². The number of nitrogens with zero attached hydrogens (tertiary/aromatic N) is 1. The molecule has 2 nitrogen and oxygen atoms in total. The Bertz CT molecular complexity index is 302. The predicted octanol–water partition coefficient (Wildman–Crippen LogP) is 1.46. The molecule has 0 fully saturated rings. The van der Waals surface area contributed by atoms with E-state index in [1.165, 1.54) is 5.70 Å². The molecule has 0 bridgehead atoms. The van der Waals surface area contributed by atoms with E-state index < -0.39 is 0 Å². The molecule has 2 rings (SSSR count). The van der Waals surface area contributed by atoms with Crippen molar-refractivity contribution in [2.45, 2.75) is 6.42 Å². The Morgan fingerprint density at radius 3 is 3.27 bits per heavy atom. The van der Waals surface area contributed by atoms with Crippen molar-refractivity contribution in [1.29, 1.82) is 5.26 Å². The molecule has 0 aromatic rings. The third-order valence-electron chi connectivity index (χ3n) is 2.03. The summed E-state index contributed by atoms with van der Waals surface area (Å²) >= 11 is 0. The van der Waals surface area contributed by atoms with E-state index >= 15 is 0 Å². The maximum atomic E-state index is 8.62. The van der Waals surface area contributed by atoms with Gasteiger partial charge in [0.1, 0.15) is 0 Å². The lowest BCUT2D eigenvalue weighted by Gasteiger charge is -2.13. The molecule has 54 valence electrons. The quantitative estimate of drug-likeness (QED) is 0.558. The van der Waals surface area contributed by atoms with Crippen LogP contribution in [0.4, 0.5) is 0 Å². The summed E-state index contributed by atoms with van der Waals surface area (Å²) in [7, 11) is 0. The Labute approximate surface area is 65.5 Å². The summed E-state index contributed by atoms with van der Waals surface area (Å²) in [5.41, 5.74) is 2.08. The van der Waals surface area contributed by atoms with Crippen LogP contribution in [0.25, 0.3) is 0 Å². The number of hydrogen-bond donors (Lipinski definition) is 1. The lowest BCUT2D eigenvalue weighted by Crippen LogP contribution is -2.09. The first-order valence-electron chi connectivity index (χ1n) is 3.64. The van der Waals surface area contributed by atoms with Crippen LogP contribution >= 0.6 is 0 Å². The summed E-state index contributed by atoms with van der Waals surface area (Å²) in [6, 6.07) is 2.17. The van der Waals surface area contributed by atoms with Crippen LogP contribution in [0, 0.1) is 17.2 Å². The Morgan fingerprint density at radius 2 is 2.45 bits per heavy atom. The fraction of sp³-hybridized carbons (Fsp3) is 0.222. The fourth-order valence-electron chi connectivity index (χ4n) is 1.40. The van der Waals surface area contributed by atoms with Gasteiger partial charge in [0.05, 0.1) is 6.07 Å². The van der Waals surface area contributed by atoms with Crippen molar-refractivity contribution in [3.05, 3.63) is 35.7 Å². The van der Waals surface area contributed by atoms with Crippen LogP contribution < -0.4 is 5.32 Å². The molecule has 2 aliphatic rings. The summed E-state index contributed by atoms with van der Waals surface area (Å²) in [6.07, 6.45) is 8.74. The van der Waals surface area contributed by atoms with Gasteiger partial charge < -0.3 is 5.32 Å². The zero-order chi connectivity index (χ0) is 7.68. The molecule has 0 amide bonds. The van der Waals surface area contributed by atoms with Gasteiger partial charge in [-0.3, -0.25) is 0 Å². The lowest BCUT2D eigenvalue weighted by molar-refractivity contribution is 0.739. The van der Waals surface area contributed by atoms with Crippen molar-refractivity contribution in [3.63, 3.8) is 0 Å². The molecule has 2 heteroatoms. The van der Waals surface area contributed by atoms with Crippen molar-refractivity contribution in [2.75, 3.05) is 0 Å². The molecule has 1 atom stereocenters. The van der Waals surface area contributed by atoms with E-state index in [2.05, 4.69) is 17.5 Å². The smallest absolute Gasteiger partial charge is 0.0947 e. The van der Waals surface area contributed by atoms with Crippen LogP contribution in [0.5, 0.6) is 0 Å². The molecule has 1 unspecified atom stereocenters. The van der Waals surface area contributed by atoms with Crippen LogP contribution in [-0.4, -0.2) is 0 Å². The maximum Gasteiger partial charge on any atom is 0.0947 e. The van der Waals surface area contributed by atoms with Gasteiger partial charge in [-0.15, -0.1) is 0 Å². The summed E-state index contributed by atoms with van der Waals surface area (Å²) in [5.74, 6) is 0.426. The molecular formula is C9H8N2. The van der Waals surface area contributed by atoms with E-state index in [1.54, 1.807) is 0 Å². The van der Waals surface area contributed by atoms with E-state index in [9.17, 15) is 0 Å². The topological polar surface area (TPSA) is 35.8 Å². The minimum Gasteiger partial charge on any atom is -0.365 e.